The molecule has 0 radical (unpaired) electrons. The van der Waals surface area contributed by atoms with Crippen LogP contribution in [0, 0.1) is 11.2 Å². The van der Waals surface area contributed by atoms with Crippen LogP contribution in [0.15, 0.2) is 22.7 Å². The second-order valence-corrected chi connectivity index (χ2v) is 5.42. The lowest BCUT2D eigenvalue weighted by atomic mass is 9.68. The highest BCUT2D eigenvalue weighted by atomic mass is 79.9. The van der Waals surface area contributed by atoms with Gasteiger partial charge in [-0.3, -0.25) is 9.59 Å². The van der Waals surface area contributed by atoms with Gasteiger partial charge in [0.2, 0.25) is 5.91 Å². The first-order chi connectivity index (χ1) is 8.99. The zero-order valence-corrected chi connectivity index (χ0v) is 11.9. The molecule has 0 unspecified atom stereocenters. The number of carbonyl (C=O) groups excluding carboxylic acids is 2. The summed E-state index contributed by atoms with van der Waals surface area (Å²) >= 11 is 3.20. The number of carbonyl (C=O) groups is 2. The molecule has 102 valence electrons. The standard InChI is InChI=1S/C13H13BrFNO3/c1-19-12(18)13(5-2-6-13)11(17)16-10-7-8(14)3-4-9(10)15/h3-4,7H,2,5-6H2,1H3,(H,16,17). The maximum Gasteiger partial charge on any atom is 0.321 e. The number of ether oxygens (including phenoxy) is 1. The van der Waals surface area contributed by atoms with Crippen LogP contribution in [0.4, 0.5) is 10.1 Å². The maximum absolute atomic E-state index is 13.6. The van der Waals surface area contributed by atoms with Crippen LogP contribution in [0.1, 0.15) is 19.3 Å². The fraction of sp³-hybridized carbons (Fsp3) is 0.385. The molecule has 0 saturated heterocycles. The van der Waals surface area contributed by atoms with Crippen LogP contribution in [-0.2, 0) is 14.3 Å². The van der Waals surface area contributed by atoms with E-state index in [1.165, 1.54) is 25.3 Å². The number of benzene rings is 1. The van der Waals surface area contributed by atoms with Crippen molar-refractivity contribution in [1.82, 2.24) is 0 Å². The molecule has 0 aromatic heterocycles. The summed E-state index contributed by atoms with van der Waals surface area (Å²) in [5, 5.41) is 2.46. The van der Waals surface area contributed by atoms with Gasteiger partial charge in [0.05, 0.1) is 12.8 Å². The third-order valence-corrected chi connectivity index (χ3v) is 3.89. The van der Waals surface area contributed by atoms with Crippen molar-refractivity contribution in [1.29, 1.82) is 0 Å². The van der Waals surface area contributed by atoms with Crippen molar-refractivity contribution >= 4 is 33.5 Å². The molecule has 1 aromatic carbocycles. The van der Waals surface area contributed by atoms with Crippen LogP contribution in [0.25, 0.3) is 0 Å². The summed E-state index contributed by atoms with van der Waals surface area (Å²) < 4.78 is 18.9. The maximum atomic E-state index is 13.6. The smallest absolute Gasteiger partial charge is 0.321 e. The first kappa shape index (κ1) is 14.0. The van der Waals surface area contributed by atoms with Crippen LogP contribution >= 0.6 is 15.9 Å². The molecule has 1 amide bonds. The SMILES string of the molecule is COC(=O)C1(C(=O)Nc2cc(Br)ccc2F)CCC1. The molecule has 1 aliphatic carbocycles. The molecule has 0 bridgehead atoms. The summed E-state index contributed by atoms with van der Waals surface area (Å²) in [7, 11) is 1.25. The molecule has 1 saturated carbocycles. The summed E-state index contributed by atoms with van der Waals surface area (Å²) in [5.41, 5.74) is -1.11. The van der Waals surface area contributed by atoms with E-state index in [0.717, 1.165) is 6.42 Å². The molecular formula is C13H13BrFNO3. The number of methoxy groups -OCH3 is 1. The molecule has 19 heavy (non-hydrogen) atoms. The molecule has 0 aliphatic heterocycles. The monoisotopic (exact) mass is 329 g/mol. The summed E-state index contributed by atoms with van der Waals surface area (Å²) in [4.78, 5) is 23.9. The van der Waals surface area contributed by atoms with Gasteiger partial charge in [-0.25, -0.2) is 4.39 Å². The Kier molecular flexibility index (Phi) is 3.89. The van der Waals surface area contributed by atoms with Gasteiger partial charge in [-0.05, 0) is 31.0 Å². The second-order valence-electron chi connectivity index (χ2n) is 4.51. The van der Waals surface area contributed by atoms with Gasteiger partial charge in [0.25, 0.3) is 0 Å². The number of amides is 1. The van der Waals surface area contributed by atoms with E-state index in [1.807, 2.05) is 0 Å². The Hall–Kier alpha value is -1.43. The van der Waals surface area contributed by atoms with E-state index in [4.69, 9.17) is 0 Å². The highest BCUT2D eigenvalue weighted by Gasteiger charge is 2.52. The average Bonchev–Trinajstić information content (AvgIpc) is 2.32. The lowest BCUT2D eigenvalue weighted by Gasteiger charge is -2.36. The van der Waals surface area contributed by atoms with Crippen LogP contribution in [-0.4, -0.2) is 19.0 Å². The zero-order valence-electron chi connectivity index (χ0n) is 10.3. The molecule has 4 nitrogen and oxygen atoms in total. The predicted octanol–water partition coefficient (Wildman–Crippen LogP) is 2.87. The van der Waals surface area contributed by atoms with E-state index < -0.39 is 23.1 Å². The second kappa shape index (κ2) is 5.28. The molecule has 0 atom stereocenters. The van der Waals surface area contributed by atoms with Crippen LogP contribution in [0.5, 0.6) is 0 Å². The summed E-state index contributed by atoms with van der Waals surface area (Å²) in [6.07, 6.45) is 1.64. The van der Waals surface area contributed by atoms with Gasteiger partial charge in [0, 0.05) is 4.47 Å². The van der Waals surface area contributed by atoms with Gasteiger partial charge in [-0.2, -0.15) is 0 Å². The number of rotatable bonds is 3. The Morgan fingerprint density at radius 2 is 2.11 bits per heavy atom. The number of hydrogen-bond donors (Lipinski definition) is 1. The van der Waals surface area contributed by atoms with E-state index in [2.05, 4.69) is 26.0 Å². The summed E-state index contributed by atoms with van der Waals surface area (Å²) in [5.74, 6) is -1.62. The number of esters is 1. The van der Waals surface area contributed by atoms with Gasteiger partial charge >= 0.3 is 5.97 Å². The van der Waals surface area contributed by atoms with Gasteiger partial charge in [-0.15, -0.1) is 0 Å². The molecule has 1 fully saturated rings. The molecule has 1 aromatic rings. The Balaban J connectivity index is 2.21. The largest absolute Gasteiger partial charge is 0.468 e. The number of halogens is 2. The van der Waals surface area contributed by atoms with E-state index in [1.54, 1.807) is 0 Å². The first-order valence-electron chi connectivity index (χ1n) is 5.84. The van der Waals surface area contributed by atoms with Crippen LogP contribution in [0.2, 0.25) is 0 Å². The number of hydrogen-bond acceptors (Lipinski definition) is 3. The fourth-order valence-electron chi connectivity index (χ4n) is 2.08. The van der Waals surface area contributed by atoms with Crippen LogP contribution < -0.4 is 5.32 Å². The highest BCUT2D eigenvalue weighted by Crippen LogP contribution is 2.43. The molecular weight excluding hydrogens is 317 g/mol. The Bertz CT molecular complexity index is 529. The summed E-state index contributed by atoms with van der Waals surface area (Å²) in [6.45, 7) is 0. The van der Waals surface area contributed by atoms with Crippen molar-refractivity contribution in [3.8, 4) is 0 Å². The topological polar surface area (TPSA) is 55.4 Å². The highest BCUT2D eigenvalue weighted by molar-refractivity contribution is 9.10. The molecule has 0 spiro atoms. The van der Waals surface area contributed by atoms with Crippen molar-refractivity contribution in [2.75, 3.05) is 12.4 Å². The predicted molar refractivity (Wildman–Crippen MR) is 71.0 cm³/mol. The van der Waals surface area contributed by atoms with Gasteiger partial charge in [0.15, 0.2) is 0 Å². The van der Waals surface area contributed by atoms with Crippen molar-refractivity contribution in [3.63, 3.8) is 0 Å². The first-order valence-corrected chi connectivity index (χ1v) is 6.64. The zero-order chi connectivity index (χ0) is 14.0. The van der Waals surface area contributed by atoms with Crippen LogP contribution in [0.3, 0.4) is 0 Å². The van der Waals surface area contributed by atoms with E-state index >= 15 is 0 Å². The summed E-state index contributed by atoms with van der Waals surface area (Å²) in [6, 6.07) is 4.23. The molecule has 0 heterocycles. The van der Waals surface area contributed by atoms with Gasteiger partial charge in [0.1, 0.15) is 11.2 Å². The van der Waals surface area contributed by atoms with Crippen molar-refractivity contribution in [2.45, 2.75) is 19.3 Å². The quantitative estimate of drug-likeness (QED) is 0.685. The molecule has 1 N–H and O–H groups in total. The molecule has 1 aliphatic rings. The number of nitrogens with one attached hydrogen (secondary N) is 1. The average molecular weight is 330 g/mol. The Labute approximate surface area is 118 Å². The lowest BCUT2D eigenvalue weighted by Crippen LogP contribution is -2.49. The van der Waals surface area contributed by atoms with Crippen molar-refractivity contribution < 1.29 is 18.7 Å². The van der Waals surface area contributed by atoms with E-state index in [-0.39, 0.29) is 5.69 Å². The third kappa shape index (κ3) is 2.49. The lowest BCUT2D eigenvalue weighted by molar-refractivity contribution is -0.163. The minimum atomic E-state index is -1.16. The molecule has 2 rings (SSSR count). The van der Waals surface area contributed by atoms with E-state index in [9.17, 15) is 14.0 Å². The number of anilines is 1. The minimum Gasteiger partial charge on any atom is -0.468 e. The van der Waals surface area contributed by atoms with E-state index in [0.29, 0.717) is 17.3 Å². The fourth-order valence-corrected chi connectivity index (χ4v) is 2.45. The minimum absolute atomic E-state index is 0.0505. The van der Waals surface area contributed by atoms with Crippen molar-refractivity contribution in [2.24, 2.45) is 5.41 Å². The molecule has 6 heteroatoms. The van der Waals surface area contributed by atoms with Gasteiger partial charge in [-0.1, -0.05) is 22.4 Å². The third-order valence-electron chi connectivity index (χ3n) is 3.39. The Morgan fingerprint density at radius 3 is 2.63 bits per heavy atom. The van der Waals surface area contributed by atoms with Crippen molar-refractivity contribution in [3.05, 3.63) is 28.5 Å². The normalized spacial score (nSPS) is 16.4. The van der Waals surface area contributed by atoms with Gasteiger partial charge < -0.3 is 10.1 Å². The Morgan fingerprint density at radius 1 is 1.42 bits per heavy atom.